The molecule has 0 bridgehead atoms. The SMILES string of the molecule is CN(C(=O)c1cc2nc(F)ccc2[nH]1)C1COCc2[nH]c(=O)c3cc(F)c(F)cc3c21. The largest absolute Gasteiger partial charge is 0.373 e. The van der Waals surface area contributed by atoms with E-state index in [0.29, 0.717) is 22.3 Å². The highest BCUT2D eigenvalue weighted by Gasteiger charge is 2.32. The Morgan fingerprint density at radius 2 is 1.87 bits per heavy atom. The van der Waals surface area contributed by atoms with Gasteiger partial charge in [0.2, 0.25) is 5.95 Å². The third kappa shape index (κ3) is 3.07. The van der Waals surface area contributed by atoms with Crippen LogP contribution in [0.4, 0.5) is 13.2 Å². The number of H-pyrrole nitrogens is 2. The molecule has 0 radical (unpaired) electrons. The van der Waals surface area contributed by atoms with Crippen LogP contribution in [0.3, 0.4) is 0 Å². The molecule has 0 spiro atoms. The van der Waals surface area contributed by atoms with Gasteiger partial charge in [0, 0.05) is 18.3 Å². The first-order valence-corrected chi connectivity index (χ1v) is 9.37. The lowest BCUT2D eigenvalue weighted by molar-refractivity contribution is 0.0333. The first-order valence-electron chi connectivity index (χ1n) is 9.37. The Morgan fingerprint density at radius 1 is 1.13 bits per heavy atom. The molecule has 2 N–H and O–H groups in total. The molecule has 7 nitrogen and oxygen atoms in total. The second-order valence-electron chi connectivity index (χ2n) is 7.36. The first kappa shape index (κ1) is 19.3. The van der Waals surface area contributed by atoms with Crippen molar-refractivity contribution in [2.24, 2.45) is 0 Å². The zero-order valence-electron chi connectivity index (χ0n) is 16.1. The summed E-state index contributed by atoms with van der Waals surface area (Å²) in [6.07, 6.45) is 0. The Hall–Kier alpha value is -3.66. The first-order chi connectivity index (χ1) is 14.8. The van der Waals surface area contributed by atoms with Gasteiger partial charge in [0.25, 0.3) is 11.5 Å². The lowest BCUT2D eigenvalue weighted by Crippen LogP contribution is -2.37. The van der Waals surface area contributed by atoms with Crippen LogP contribution in [0.15, 0.2) is 35.1 Å². The highest BCUT2D eigenvalue weighted by atomic mass is 19.2. The number of carbonyl (C=O) groups excluding carboxylic acids is 1. The molecular weight excluding hydrogens is 413 g/mol. The van der Waals surface area contributed by atoms with Crippen molar-refractivity contribution in [3.63, 3.8) is 0 Å². The van der Waals surface area contributed by atoms with Gasteiger partial charge in [0.05, 0.1) is 35.7 Å². The molecule has 1 unspecified atom stereocenters. The fraction of sp³-hybridized carbons (Fsp3) is 0.190. The lowest BCUT2D eigenvalue weighted by atomic mass is 9.95. The van der Waals surface area contributed by atoms with Crippen LogP contribution in [0.1, 0.15) is 27.8 Å². The van der Waals surface area contributed by atoms with Crippen LogP contribution in [0.2, 0.25) is 0 Å². The molecule has 4 heterocycles. The van der Waals surface area contributed by atoms with Gasteiger partial charge in [-0.05, 0) is 35.7 Å². The van der Waals surface area contributed by atoms with E-state index in [4.69, 9.17) is 4.74 Å². The molecule has 0 saturated carbocycles. The van der Waals surface area contributed by atoms with Gasteiger partial charge in [-0.25, -0.2) is 13.8 Å². The number of hydrogen-bond acceptors (Lipinski definition) is 4. The van der Waals surface area contributed by atoms with E-state index in [1.165, 1.54) is 30.1 Å². The van der Waals surface area contributed by atoms with Crippen LogP contribution in [0, 0.1) is 17.6 Å². The van der Waals surface area contributed by atoms with E-state index < -0.39 is 35.1 Å². The van der Waals surface area contributed by atoms with E-state index in [1.807, 2.05) is 0 Å². The Morgan fingerprint density at radius 3 is 2.65 bits per heavy atom. The van der Waals surface area contributed by atoms with Gasteiger partial charge in [-0.1, -0.05) is 0 Å². The molecule has 3 aromatic heterocycles. The average molecular weight is 428 g/mol. The van der Waals surface area contributed by atoms with E-state index in [9.17, 15) is 22.8 Å². The number of pyridine rings is 2. The average Bonchev–Trinajstić information content (AvgIpc) is 3.17. The van der Waals surface area contributed by atoms with Crippen LogP contribution in [0.5, 0.6) is 0 Å². The normalized spacial score (nSPS) is 15.9. The second-order valence-corrected chi connectivity index (χ2v) is 7.36. The van der Waals surface area contributed by atoms with E-state index >= 15 is 0 Å². The highest BCUT2D eigenvalue weighted by Crippen LogP contribution is 2.34. The summed E-state index contributed by atoms with van der Waals surface area (Å²) in [5, 5.41) is 0.196. The van der Waals surface area contributed by atoms with Gasteiger partial charge >= 0.3 is 0 Å². The molecule has 31 heavy (non-hydrogen) atoms. The maximum atomic E-state index is 14.0. The fourth-order valence-corrected chi connectivity index (χ4v) is 3.98. The summed E-state index contributed by atoms with van der Waals surface area (Å²) in [5.74, 6) is -3.34. The van der Waals surface area contributed by atoms with Crippen LogP contribution in [-0.4, -0.2) is 39.4 Å². The van der Waals surface area contributed by atoms with Gasteiger partial charge in [-0.15, -0.1) is 0 Å². The predicted molar refractivity (Wildman–Crippen MR) is 105 cm³/mol. The molecule has 1 aliphatic rings. The van der Waals surface area contributed by atoms with E-state index in [0.717, 1.165) is 12.1 Å². The number of carbonyl (C=O) groups is 1. The number of aromatic nitrogens is 3. The maximum absolute atomic E-state index is 14.0. The van der Waals surface area contributed by atoms with Gasteiger partial charge in [0.1, 0.15) is 5.69 Å². The number of benzene rings is 1. The van der Waals surface area contributed by atoms with Crippen LogP contribution < -0.4 is 5.56 Å². The minimum absolute atomic E-state index is 0.0179. The number of amides is 1. The molecule has 158 valence electrons. The zero-order valence-corrected chi connectivity index (χ0v) is 16.1. The number of aromatic amines is 2. The summed E-state index contributed by atoms with van der Waals surface area (Å²) < 4.78 is 46.7. The highest BCUT2D eigenvalue weighted by molar-refractivity contribution is 5.97. The molecule has 1 atom stereocenters. The number of nitrogens with zero attached hydrogens (tertiary/aromatic N) is 2. The van der Waals surface area contributed by atoms with Gasteiger partial charge in [-0.2, -0.15) is 4.39 Å². The number of likely N-dealkylation sites (N-methyl/N-ethyl adjacent to an activating group) is 1. The number of ether oxygens (including phenoxy) is 1. The summed E-state index contributed by atoms with van der Waals surface area (Å²) in [5.41, 5.74) is 1.26. The van der Waals surface area contributed by atoms with Crippen LogP contribution in [-0.2, 0) is 11.3 Å². The second kappa shape index (κ2) is 6.95. The smallest absolute Gasteiger partial charge is 0.270 e. The molecule has 10 heteroatoms. The molecule has 0 fully saturated rings. The number of halogens is 3. The standard InChI is InChI=1S/C21H15F3N4O3/c1-28(21(30)15-6-14-13(25-15)2-3-18(24)26-14)17-8-31-7-16-19(17)9-4-11(22)12(23)5-10(9)20(29)27-16/h2-6,17,25H,7-8H2,1H3,(H,27,29). The Balaban J connectivity index is 1.61. The molecule has 1 aliphatic heterocycles. The van der Waals surface area contributed by atoms with Crippen LogP contribution in [0.25, 0.3) is 21.8 Å². The number of hydrogen-bond donors (Lipinski definition) is 2. The van der Waals surface area contributed by atoms with Crippen molar-refractivity contribution in [2.45, 2.75) is 12.6 Å². The predicted octanol–water partition coefficient (Wildman–Crippen LogP) is 3.17. The van der Waals surface area contributed by atoms with E-state index in [2.05, 4.69) is 15.0 Å². The van der Waals surface area contributed by atoms with E-state index in [-0.39, 0.29) is 29.7 Å². The van der Waals surface area contributed by atoms with Crippen molar-refractivity contribution in [1.82, 2.24) is 19.9 Å². The Bertz CT molecular complexity index is 1430. The van der Waals surface area contributed by atoms with Crippen molar-refractivity contribution < 1.29 is 22.7 Å². The number of nitrogens with one attached hydrogen (secondary N) is 2. The Kier molecular flexibility index (Phi) is 4.33. The fourth-order valence-electron chi connectivity index (χ4n) is 3.98. The lowest BCUT2D eigenvalue weighted by Gasteiger charge is -2.33. The molecule has 0 saturated heterocycles. The summed E-state index contributed by atoms with van der Waals surface area (Å²) in [6.45, 7) is 0.149. The van der Waals surface area contributed by atoms with E-state index in [1.54, 1.807) is 0 Å². The summed E-state index contributed by atoms with van der Waals surface area (Å²) >= 11 is 0. The van der Waals surface area contributed by atoms with Crippen molar-refractivity contribution in [3.05, 3.63) is 75.2 Å². The maximum Gasteiger partial charge on any atom is 0.270 e. The third-order valence-corrected chi connectivity index (χ3v) is 5.50. The Labute approximate surface area is 172 Å². The molecule has 1 aromatic carbocycles. The summed E-state index contributed by atoms with van der Waals surface area (Å²) in [4.78, 5) is 36.2. The zero-order chi connectivity index (χ0) is 21.9. The van der Waals surface area contributed by atoms with Gasteiger partial charge in [0.15, 0.2) is 11.6 Å². The minimum Gasteiger partial charge on any atom is -0.373 e. The van der Waals surface area contributed by atoms with Crippen molar-refractivity contribution >= 4 is 27.7 Å². The van der Waals surface area contributed by atoms with Crippen LogP contribution >= 0.6 is 0 Å². The summed E-state index contributed by atoms with van der Waals surface area (Å²) in [6, 6.07) is 5.21. The monoisotopic (exact) mass is 428 g/mol. The topological polar surface area (TPSA) is 91.1 Å². The quantitative estimate of drug-likeness (QED) is 0.480. The molecule has 1 amide bonds. The van der Waals surface area contributed by atoms with Crippen molar-refractivity contribution in [2.75, 3.05) is 13.7 Å². The number of fused-ring (bicyclic) bond motifs is 4. The minimum atomic E-state index is -1.14. The molecular formula is C21H15F3N4O3. The third-order valence-electron chi connectivity index (χ3n) is 5.50. The molecule has 0 aliphatic carbocycles. The van der Waals surface area contributed by atoms with Crippen molar-refractivity contribution in [1.29, 1.82) is 0 Å². The molecule has 5 rings (SSSR count). The van der Waals surface area contributed by atoms with Gasteiger partial charge < -0.3 is 19.6 Å². The number of rotatable bonds is 2. The summed E-state index contributed by atoms with van der Waals surface area (Å²) in [7, 11) is 1.53. The van der Waals surface area contributed by atoms with Gasteiger partial charge in [-0.3, -0.25) is 9.59 Å². The van der Waals surface area contributed by atoms with Crippen molar-refractivity contribution in [3.8, 4) is 0 Å². The molecule has 4 aromatic rings.